The standard InChI is InChI=1S/C63H39N3S.C57H35N3S/c1-3-13-40(14-4-1)41-25-27-43(28-26-41)62-64-61(42-15-5-2-6-16-42)65-63(66-62)50-30-33-56-58-38-49(31-34-59(58)67-60(56)39-50)47-20-12-18-45(36-47)44-17-11-19-46(35-44)48-29-32-55-53-23-8-7-21-51(53)52-22-9-10-24-54(52)57(55)37-48;1-3-13-36(14-4-1)38-17-12-20-43(32-38)56-58-55(37-15-5-2-6-16-37)59-57(60-56)44-26-29-50-52-34-42(27-30-53(52)61-54(50)35-44)40-19-11-18-39(31-40)41-25-28-49-47-23-8-7-21-45(47)46-22-9-10-24-48(46)51(49)33-41/h1-39H;1-35H. The maximum Gasteiger partial charge on any atom is 0.164 e. The number of thiophene rings is 2. The molecular formula is C120H74N6S2. The van der Waals surface area contributed by atoms with Gasteiger partial charge in [-0.05, 0) is 215 Å². The molecule has 4 heterocycles. The fourth-order valence-corrected chi connectivity index (χ4v) is 20.9. The zero-order valence-corrected chi connectivity index (χ0v) is 70.9. The Kier molecular flexibility index (Phi) is 18.9. The first-order chi connectivity index (χ1) is 63.4. The lowest BCUT2D eigenvalue weighted by molar-refractivity contribution is 1.07. The molecule has 0 aliphatic carbocycles. The molecule has 0 atom stereocenters. The molecular weight excluding hydrogens is 1590 g/mol. The van der Waals surface area contributed by atoms with Crippen LogP contribution in [0.2, 0.25) is 0 Å². The molecule has 8 heteroatoms. The summed E-state index contributed by atoms with van der Waals surface area (Å²) in [5.41, 5.74) is 22.3. The summed E-state index contributed by atoms with van der Waals surface area (Å²) in [6.07, 6.45) is 0. The minimum atomic E-state index is 0.648. The van der Waals surface area contributed by atoms with E-state index in [2.05, 4.69) is 400 Å². The Hall–Kier alpha value is -16.4. The zero-order chi connectivity index (χ0) is 84.5. The van der Waals surface area contributed by atoms with Crippen molar-refractivity contribution in [3.8, 4) is 146 Å². The lowest BCUT2D eigenvalue weighted by atomic mass is 9.91. The molecule has 0 radical (unpaired) electrons. The number of hydrogen-bond acceptors (Lipinski definition) is 8. The topological polar surface area (TPSA) is 77.3 Å². The predicted octanol–water partition coefficient (Wildman–Crippen LogP) is 33.1. The smallest absolute Gasteiger partial charge is 0.164 e. The molecule has 0 aliphatic heterocycles. The van der Waals surface area contributed by atoms with Gasteiger partial charge in [0.15, 0.2) is 34.9 Å². The van der Waals surface area contributed by atoms with Gasteiger partial charge in [-0.1, -0.05) is 376 Å². The predicted molar refractivity (Wildman–Crippen MR) is 541 cm³/mol. The van der Waals surface area contributed by atoms with Crippen molar-refractivity contribution in [1.29, 1.82) is 0 Å². The lowest BCUT2D eigenvalue weighted by Gasteiger charge is -2.13. The molecule has 6 nitrogen and oxygen atoms in total. The third-order valence-corrected chi connectivity index (χ3v) is 27.3. The first-order valence-electron chi connectivity index (χ1n) is 43.2. The molecule has 25 rings (SSSR count). The van der Waals surface area contributed by atoms with Crippen LogP contribution in [-0.2, 0) is 0 Å². The molecule has 0 N–H and O–H groups in total. The molecule has 0 aliphatic rings. The number of fused-ring (bicyclic) bond motifs is 18. The van der Waals surface area contributed by atoms with E-state index >= 15 is 0 Å². The molecule has 0 saturated heterocycles. The van der Waals surface area contributed by atoms with E-state index in [9.17, 15) is 0 Å². The number of hydrogen-bond donors (Lipinski definition) is 0. The van der Waals surface area contributed by atoms with Crippen LogP contribution in [0, 0.1) is 0 Å². The van der Waals surface area contributed by atoms with Crippen molar-refractivity contribution in [2.75, 3.05) is 0 Å². The third kappa shape index (κ3) is 14.0. The van der Waals surface area contributed by atoms with Crippen LogP contribution in [0.4, 0.5) is 0 Å². The molecule has 128 heavy (non-hydrogen) atoms. The van der Waals surface area contributed by atoms with E-state index in [4.69, 9.17) is 29.9 Å². The minimum absolute atomic E-state index is 0.648. The van der Waals surface area contributed by atoms with Gasteiger partial charge in [-0.25, -0.2) is 29.9 Å². The Labute approximate surface area is 747 Å². The SMILES string of the molecule is c1ccc(-c2ccc(-c3nc(-c4ccccc4)nc(-c4ccc5c(c4)sc4ccc(-c6cccc(-c7cccc(-c8ccc9c%10ccccc%10c%10ccccc%10c9c8)c7)c6)cc45)n3)cc2)cc1.c1ccc(-c2cccc(-c3nc(-c4ccccc4)nc(-c4ccc5c(c4)sc4ccc(-c6cccc(-c7ccc8c9ccccc9c9ccccc9c8c7)c6)cc45)n3)c2)cc1. The molecule has 0 unspecified atom stereocenters. The third-order valence-electron chi connectivity index (χ3n) is 25.0. The summed E-state index contributed by atoms with van der Waals surface area (Å²) < 4.78 is 4.89. The van der Waals surface area contributed by atoms with Gasteiger partial charge in [0.05, 0.1) is 0 Å². The van der Waals surface area contributed by atoms with Crippen LogP contribution in [0.3, 0.4) is 0 Å². The van der Waals surface area contributed by atoms with Crippen molar-refractivity contribution < 1.29 is 0 Å². The molecule has 0 amide bonds. The second-order valence-corrected chi connectivity index (χ2v) is 34.9. The van der Waals surface area contributed by atoms with Gasteiger partial charge >= 0.3 is 0 Å². The summed E-state index contributed by atoms with van der Waals surface area (Å²) in [7, 11) is 0. The van der Waals surface area contributed by atoms with Crippen LogP contribution >= 0.6 is 22.7 Å². The first-order valence-corrected chi connectivity index (χ1v) is 44.9. The lowest BCUT2D eigenvalue weighted by Crippen LogP contribution is -2.00. The zero-order valence-electron chi connectivity index (χ0n) is 69.2. The highest BCUT2D eigenvalue weighted by atomic mass is 32.1. The van der Waals surface area contributed by atoms with Crippen LogP contribution in [0.15, 0.2) is 449 Å². The van der Waals surface area contributed by atoms with Crippen molar-refractivity contribution in [1.82, 2.24) is 29.9 Å². The van der Waals surface area contributed by atoms with Gasteiger partial charge in [0.25, 0.3) is 0 Å². The molecule has 0 fully saturated rings. The minimum Gasteiger partial charge on any atom is -0.208 e. The van der Waals surface area contributed by atoms with Gasteiger partial charge in [-0.2, -0.15) is 0 Å². The highest BCUT2D eigenvalue weighted by Crippen LogP contribution is 2.46. The van der Waals surface area contributed by atoms with Gasteiger partial charge in [-0.3, -0.25) is 0 Å². The van der Waals surface area contributed by atoms with E-state index in [-0.39, 0.29) is 0 Å². The van der Waals surface area contributed by atoms with Crippen molar-refractivity contribution in [2.24, 2.45) is 0 Å². The second kappa shape index (κ2) is 32.1. The Morgan fingerprint density at radius 2 is 0.289 bits per heavy atom. The van der Waals surface area contributed by atoms with Crippen molar-refractivity contribution in [3.63, 3.8) is 0 Å². The summed E-state index contributed by atoms with van der Waals surface area (Å²) in [5.74, 6) is 3.91. The van der Waals surface area contributed by atoms with Gasteiger partial charge in [0.1, 0.15) is 0 Å². The van der Waals surface area contributed by atoms with E-state index < -0.39 is 0 Å². The van der Waals surface area contributed by atoms with E-state index in [0.29, 0.717) is 34.9 Å². The van der Waals surface area contributed by atoms with Crippen molar-refractivity contribution >= 4 is 128 Å². The Morgan fingerprint density at radius 3 is 0.633 bits per heavy atom. The summed E-state index contributed by atoms with van der Waals surface area (Å²) in [5, 5.41) is 20.4. The van der Waals surface area contributed by atoms with Crippen LogP contribution in [-0.4, -0.2) is 29.9 Å². The summed E-state index contributed by atoms with van der Waals surface area (Å²) in [6.45, 7) is 0. The molecule has 0 bridgehead atoms. The summed E-state index contributed by atoms with van der Waals surface area (Å²) in [6, 6.07) is 161. The van der Waals surface area contributed by atoms with Crippen LogP contribution in [0.1, 0.15) is 0 Å². The fourth-order valence-electron chi connectivity index (χ4n) is 18.6. The number of aromatic nitrogens is 6. The first kappa shape index (κ1) is 75.4. The maximum atomic E-state index is 5.11. The van der Waals surface area contributed by atoms with Crippen LogP contribution in [0.5, 0.6) is 0 Å². The second-order valence-electron chi connectivity index (χ2n) is 32.7. The van der Waals surface area contributed by atoms with Gasteiger partial charge < -0.3 is 0 Å². The Bertz CT molecular complexity index is 8620. The maximum absolute atomic E-state index is 5.11. The van der Waals surface area contributed by atoms with Crippen LogP contribution < -0.4 is 0 Å². The van der Waals surface area contributed by atoms with Crippen molar-refractivity contribution in [3.05, 3.63) is 449 Å². The largest absolute Gasteiger partial charge is 0.208 e. The Morgan fingerprint density at radius 1 is 0.102 bits per heavy atom. The molecule has 0 saturated carbocycles. The number of benzene rings is 21. The quantitative estimate of drug-likeness (QED) is 0.107. The monoisotopic (exact) mass is 1660 g/mol. The number of rotatable bonds is 13. The fraction of sp³-hybridized carbons (Fsp3) is 0. The average Bonchev–Trinajstić information content (AvgIpc) is 1.05. The molecule has 21 aromatic carbocycles. The van der Waals surface area contributed by atoms with Crippen molar-refractivity contribution in [2.45, 2.75) is 0 Å². The van der Waals surface area contributed by atoms with E-state index in [1.807, 2.05) is 48.5 Å². The van der Waals surface area contributed by atoms with Gasteiger partial charge in [-0.15, -0.1) is 22.7 Å². The highest BCUT2D eigenvalue weighted by Gasteiger charge is 2.21. The van der Waals surface area contributed by atoms with Gasteiger partial charge in [0.2, 0.25) is 0 Å². The van der Waals surface area contributed by atoms with Gasteiger partial charge in [0, 0.05) is 73.7 Å². The van der Waals surface area contributed by atoms with E-state index in [1.165, 1.54) is 166 Å². The van der Waals surface area contributed by atoms with E-state index in [0.717, 1.165) is 50.1 Å². The summed E-state index contributed by atoms with van der Waals surface area (Å²) >= 11 is 3.61. The molecule has 0 spiro atoms. The average molecular weight is 1660 g/mol. The van der Waals surface area contributed by atoms with Crippen LogP contribution in [0.25, 0.3) is 251 Å². The molecule has 25 aromatic rings. The number of nitrogens with zero attached hydrogens (tertiary/aromatic N) is 6. The Balaban J connectivity index is 0.000000143. The van der Waals surface area contributed by atoms with E-state index in [1.54, 1.807) is 22.7 Å². The molecule has 4 aromatic heterocycles. The highest BCUT2D eigenvalue weighted by molar-refractivity contribution is 7.26. The molecule has 596 valence electrons. The normalized spacial score (nSPS) is 11.6. The summed E-state index contributed by atoms with van der Waals surface area (Å²) in [4.78, 5) is 30.3.